The van der Waals surface area contributed by atoms with Gasteiger partial charge in [0.05, 0.1) is 5.69 Å². The average molecular weight is 375 g/mol. The third-order valence-corrected chi connectivity index (χ3v) is 5.11. The van der Waals surface area contributed by atoms with Gasteiger partial charge in [-0.3, -0.25) is 9.69 Å². The summed E-state index contributed by atoms with van der Waals surface area (Å²) in [5, 5.41) is 3.73. The monoisotopic (exact) mass is 374 g/mol. The van der Waals surface area contributed by atoms with E-state index in [0.29, 0.717) is 23.2 Å². The minimum atomic E-state index is -0.0763. The van der Waals surface area contributed by atoms with Crippen LogP contribution in [-0.4, -0.2) is 40.0 Å². The first-order chi connectivity index (χ1) is 12.5. The topological polar surface area (TPSA) is 50.2 Å². The number of aromatic nitrogens is 2. The van der Waals surface area contributed by atoms with Gasteiger partial charge in [-0.15, -0.1) is 0 Å². The van der Waals surface area contributed by atoms with Crippen LogP contribution in [0.1, 0.15) is 43.4 Å². The standard InChI is InChI=1S/C20H27ClN4O/c1-4-24-11-12-25-17(13-24)18(20(26)22-10-9-14(2)3)23-19(25)15-5-7-16(21)8-6-15/h5-8,14H,4,9-13H2,1-3H3,(H,22,26). The molecular formula is C20H27ClN4O. The summed E-state index contributed by atoms with van der Waals surface area (Å²) < 4.78 is 2.19. The fraction of sp³-hybridized carbons (Fsp3) is 0.500. The highest BCUT2D eigenvalue weighted by atomic mass is 35.5. The summed E-state index contributed by atoms with van der Waals surface area (Å²) in [6.07, 6.45) is 0.965. The number of amides is 1. The number of rotatable bonds is 6. The maximum absolute atomic E-state index is 12.8. The lowest BCUT2D eigenvalue weighted by molar-refractivity contribution is 0.0944. The lowest BCUT2D eigenvalue weighted by Gasteiger charge is -2.28. The van der Waals surface area contributed by atoms with Gasteiger partial charge in [-0.25, -0.2) is 4.98 Å². The number of imidazole rings is 1. The Morgan fingerprint density at radius 2 is 2.00 bits per heavy atom. The first kappa shape index (κ1) is 18.9. The molecule has 0 fully saturated rings. The fourth-order valence-electron chi connectivity index (χ4n) is 3.25. The van der Waals surface area contributed by atoms with Crippen molar-refractivity contribution in [1.82, 2.24) is 19.8 Å². The Hall–Kier alpha value is -1.85. The molecule has 6 heteroatoms. The van der Waals surface area contributed by atoms with E-state index in [0.717, 1.165) is 49.7 Å². The highest BCUT2D eigenvalue weighted by molar-refractivity contribution is 6.30. The minimum Gasteiger partial charge on any atom is -0.351 e. The lowest BCUT2D eigenvalue weighted by atomic mass is 10.1. The summed E-state index contributed by atoms with van der Waals surface area (Å²) in [5.41, 5.74) is 2.55. The molecular weight excluding hydrogens is 348 g/mol. The van der Waals surface area contributed by atoms with Gasteiger partial charge in [0, 0.05) is 36.8 Å². The number of carbonyl (C=O) groups is 1. The van der Waals surface area contributed by atoms with E-state index in [9.17, 15) is 4.79 Å². The van der Waals surface area contributed by atoms with Crippen LogP contribution in [0.3, 0.4) is 0 Å². The van der Waals surface area contributed by atoms with E-state index in [1.165, 1.54) is 0 Å². The van der Waals surface area contributed by atoms with Gasteiger partial charge in [0.25, 0.3) is 5.91 Å². The first-order valence-electron chi connectivity index (χ1n) is 9.35. The lowest BCUT2D eigenvalue weighted by Crippen LogP contribution is -2.35. The molecule has 0 spiro atoms. The van der Waals surface area contributed by atoms with Gasteiger partial charge in [0.2, 0.25) is 0 Å². The Kier molecular flexibility index (Phi) is 5.99. The second kappa shape index (κ2) is 8.23. The molecule has 1 amide bonds. The van der Waals surface area contributed by atoms with Crippen LogP contribution in [0.25, 0.3) is 11.4 Å². The Morgan fingerprint density at radius 3 is 2.65 bits per heavy atom. The average Bonchev–Trinajstić information content (AvgIpc) is 3.00. The van der Waals surface area contributed by atoms with E-state index >= 15 is 0 Å². The molecule has 0 saturated heterocycles. The number of nitrogens with one attached hydrogen (secondary N) is 1. The molecule has 0 atom stereocenters. The predicted molar refractivity (Wildman–Crippen MR) is 105 cm³/mol. The van der Waals surface area contributed by atoms with E-state index in [-0.39, 0.29) is 5.91 Å². The van der Waals surface area contributed by atoms with E-state index < -0.39 is 0 Å². The van der Waals surface area contributed by atoms with Crippen LogP contribution in [0, 0.1) is 5.92 Å². The Balaban J connectivity index is 1.93. The van der Waals surface area contributed by atoms with Crippen molar-refractivity contribution in [2.75, 3.05) is 19.6 Å². The number of hydrogen-bond acceptors (Lipinski definition) is 3. The highest BCUT2D eigenvalue weighted by Crippen LogP contribution is 2.27. The van der Waals surface area contributed by atoms with Gasteiger partial charge in [0.15, 0.2) is 5.69 Å². The number of benzene rings is 1. The zero-order valence-electron chi connectivity index (χ0n) is 15.8. The summed E-state index contributed by atoms with van der Waals surface area (Å²) in [4.78, 5) is 19.8. The number of fused-ring (bicyclic) bond motifs is 1. The van der Waals surface area contributed by atoms with Crippen LogP contribution < -0.4 is 5.32 Å². The molecule has 0 aliphatic carbocycles. The summed E-state index contributed by atoms with van der Waals surface area (Å²) >= 11 is 6.02. The minimum absolute atomic E-state index is 0.0763. The molecule has 0 bridgehead atoms. The fourth-order valence-corrected chi connectivity index (χ4v) is 3.38. The third kappa shape index (κ3) is 4.10. The van der Waals surface area contributed by atoms with Crippen LogP contribution in [-0.2, 0) is 13.1 Å². The summed E-state index contributed by atoms with van der Waals surface area (Å²) in [5.74, 6) is 1.33. The predicted octanol–water partition coefficient (Wildman–Crippen LogP) is 3.81. The molecule has 1 aromatic carbocycles. The van der Waals surface area contributed by atoms with Crippen LogP contribution in [0.2, 0.25) is 5.02 Å². The maximum atomic E-state index is 12.8. The van der Waals surface area contributed by atoms with E-state index in [1.54, 1.807) is 0 Å². The number of hydrogen-bond donors (Lipinski definition) is 1. The van der Waals surface area contributed by atoms with Gasteiger partial charge < -0.3 is 9.88 Å². The van der Waals surface area contributed by atoms with E-state index in [1.807, 2.05) is 24.3 Å². The summed E-state index contributed by atoms with van der Waals surface area (Å²) in [6.45, 7) is 10.7. The van der Waals surface area contributed by atoms with Crippen molar-refractivity contribution < 1.29 is 4.79 Å². The van der Waals surface area contributed by atoms with E-state index in [2.05, 4.69) is 35.6 Å². The zero-order chi connectivity index (χ0) is 18.7. The molecule has 140 valence electrons. The van der Waals surface area contributed by atoms with Crippen LogP contribution >= 0.6 is 11.6 Å². The van der Waals surface area contributed by atoms with Crippen molar-refractivity contribution >= 4 is 17.5 Å². The molecule has 2 aromatic rings. The molecule has 26 heavy (non-hydrogen) atoms. The molecule has 1 aliphatic heterocycles. The smallest absolute Gasteiger partial charge is 0.271 e. The Bertz CT molecular complexity index is 767. The normalized spacial score (nSPS) is 14.5. The van der Waals surface area contributed by atoms with Crippen molar-refractivity contribution in [2.24, 2.45) is 5.92 Å². The van der Waals surface area contributed by atoms with Gasteiger partial charge in [0.1, 0.15) is 5.82 Å². The number of carbonyl (C=O) groups excluding carboxylic acids is 1. The SMILES string of the molecule is CCN1CCn2c(-c3ccc(Cl)cc3)nc(C(=O)NCCC(C)C)c2C1. The van der Waals surface area contributed by atoms with E-state index in [4.69, 9.17) is 16.6 Å². The third-order valence-electron chi connectivity index (χ3n) is 4.86. The molecule has 5 nitrogen and oxygen atoms in total. The van der Waals surface area contributed by atoms with Gasteiger partial charge >= 0.3 is 0 Å². The molecule has 3 rings (SSSR count). The molecule has 2 heterocycles. The Morgan fingerprint density at radius 1 is 1.27 bits per heavy atom. The number of nitrogens with zero attached hydrogens (tertiary/aromatic N) is 3. The van der Waals surface area contributed by atoms with Crippen molar-refractivity contribution in [1.29, 1.82) is 0 Å². The summed E-state index contributed by atoms with van der Waals surface area (Å²) in [7, 11) is 0. The molecule has 0 saturated carbocycles. The van der Waals surface area contributed by atoms with Crippen molar-refractivity contribution in [3.05, 3.63) is 40.7 Å². The second-order valence-corrected chi connectivity index (χ2v) is 7.63. The van der Waals surface area contributed by atoms with Gasteiger partial charge in [-0.05, 0) is 43.1 Å². The highest BCUT2D eigenvalue weighted by Gasteiger charge is 2.27. The summed E-state index contributed by atoms with van der Waals surface area (Å²) in [6, 6.07) is 7.65. The second-order valence-electron chi connectivity index (χ2n) is 7.20. The molecule has 0 radical (unpaired) electrons. The zero-order valence-corrected chi connectivity index (χ0v) is 16.5. The van der Waals surface area contributed by atoms with Gasteiger partial charge in [-0.1, -0.05) is 32.4 Å². The molecule has 0 unspecified atom stereocenters. The van der Waals surface area contributed by atoms with Crippen molar-refractivity contribution in [3.8, 4) is 11.4 Å². The van der Waals surface area contributed by atoms with Crippen LogP contribution in [0.4, 0.5) is 0 Å². The maximum Gasteiger partial charge on any atom is 0.271 e. The molecule has 1 aliphatic rings. The first-order valence-corrected chi connectivity index (χ1v) is 9.73. The molecule has 1 N–H and O–H groups in total. The van der Waals surface area contributed by atoms with Crippen LogP contribution in [0.5, 0.6) is 0 Å². The molecule has 1 aromatic heterocycles. The van der Waals surface area contributed by atoms with Crippen LogP contribution in [0.15, 0.2) is 24.3 Å². The van der Waals surface area contributed by atoms with Crippen molar-refractivity contribution in [2.45, 2.75) is 40.3 Å². The quantitative estimate of drug-likeness (QED) is 0.836. The van der Waals surface area contributed by atoms with Crippen molar-refractivity contribution in [3.63, 3.8) is 0 Å². The Labute approximate surface area is 160 Å². The number of likely N-dealkylation sites (N-methyl/N-ethyl adjacent to an activating group) is 1. The largest absolute Gasteiger partial charge is 0.351 e. The number of halogens is 1. The van der Waals surface area contributed by atoms with Gasteiger partial charge in [-0.2, -0.15) is 0 Å².